The van der Waals surface area contributed by atoms with Crippen molar-refractivity contribution in [3.05, 3.63) is 26.3 Å². The van der Waals surface area contributed by atoms with E-state index in [1.54, 1.807) is 6.07 Å². The topological polar surface area (TPSA) is 20.7 Å². The van der Waals surface area contributed by atoms with Crippen molar-refractivity contribution in [1.82, 2.24) is 9.55 Å². The van der Waals surface area contributed by atoms with E-state index in [0.29, 0.717) is 14.3 Å². The van der Waals surface area contributed by atoms with Crippen molar-refractivity contribution in [3.63, 3.8) is 0 Å². The first kappa shape index (κ1) is 15.0. The third-order valence-electron chi connectivity index (χ3n) is 3.64. The van der Waals surface area contributed by atoms with Gasteiger partial charge in [-0.2, -0.15) is 0 Å². The Balaban J connectivity index is 2.51. The summed E-state index contributed by atoms with van der Waals surface area (Å²) in [5.74, 6) is 0.446. The highest BCUT2D eigenvalue weighted by Gasteiger charge is 2.15. The van der Waals surface area contributed by atoms with Crippen LogP contribution in [0.4, 0.5) is 4.39 Å². The fraction of sp³-hybridized carbons (Fsp3) is 0.500. The first-order chi connectivity index (χ1) is 8.93. The summed E-state index contributed by atoms with van der Waals surface area (Å²) >= 11 is 7.39. The molecule has 0 saturated heterocycles. The molecule has 0 saturated carbocycles. The molecule has 0 fully saturated rings. The standard InChI is InChI=1S/C14H18FIN2S/c1-4-8(2)5-9(3)18-13-6-10(15)11(16)7-12(13)17-14(18)19/h6-9H,4-5H2,1-3H3,(H,17,19). The number of benzene rings is 1. The third-order valence-corrected chi connectivity index (χ3v) is 4.77. The molecule has 2 unspecified atom stereocenters. The molecule has 0 aliphatic carbocycles. The lowest BCUT2D eigenvalue weighted by Crippen LogP contribution is -2.09. The zero-order valence-electron chi connectivity index (χ0n) is 11.3. The van der Waals surface area contributed by atoms with Gasteiger partial charge >= 0.3 is 0 Å². The molecule has 5 heteroatoms. The normalized spacial score (nSPS) is 14.8. The van der Waals surface area contributed by atoms with Crippen LogP contribution in [0.2, 0.25) is 0 Å². The molecule has 0 bridgehead atoms. The maximum atomic E-state index is 13.8. The van der Waals surface area contributed by atoms with Crippen LogP contribution in [0.3, 0.4) is 0 Å². The van der Waals surface area contributed by atoms with Crippen LogP contribution in [0.15, 0.2) is 12.1 Å². The predicted molar refractivity (Wildman–Crippen MR) is 88.6 cm³/mol. The number of aromatic amines is 1. The summed E-state index contributed by atoms with van der Waals surface area (Å²) in [5.41, 5.74) is 1.77. The Labute approximate surface area is 131 Å². The van der Waals surface area contributed by atoms with Crippen LogP contribution in [-0.2, 0) is 0 Å². The van der Waals surface area contributed by atoms with Gasteiger partial charge in [0.25, 0.3) is 0 Å². The molecule has 1 aromatic carbocycles. The fourth-order valence-corrected chi connectivity index (χ4v) is 3.27. The van der Waals surface area contributed by atoms with Crippen molar-refractivity contribution < 1.29 is 4.39 Å². The van der Waals surface area contributed by atoms with E-state index >= 15 is 0 Å². The van der Waals surface area contributed by atoms with Gasteiger partial charge < -0.3 is 9.55 Å². The van der Waals surface area contributed by atoms with Gasteiger partial charge in [-0.15, -0.1) is 0 Å². The first-order valence-electron chi connectivity index (χ1n) is 6.53. The van der Waals surface area contributed by atoms with E-state index in [2.05, 4.69) is 25.8 Å². The maximum absolute atomic E-state index is 13.8. The van der Waals surface area contributed by atoms with Crippen molar-refractivity contribution in [2.75, 3.05) is 0 Å². The van der Waals surface area contributed by atoms with Gasteiger partial charge in [0.1, 0.15) is 5.82 Å². The van der Waals surface area contributed by atoms with Crippen molar-refractivity contribution in [1.29, 1.82) is 0 Å². The smallest absolute Gasteiger partial charge is 0.178 e. The molecule has 104 valence electrons. The zero-order valence-corrected chi connectivity index (χ0v) is 14.3. The van der Waals surface area contributed by atoms with Gasteiger partial charge in [-0.1, -0.05) is 20.3 Å². The van der Waals surface area contributed by atoms with Gasteiger partial charge in [0.2, 0.25) is 0 Å². The van der Waals surface area contributed by atoms with Gasteiger partial charge in [0.05, 0.1) is 14.6 Å². The van der Waals surface area contributed by atoms with Crippen LogP contribution >= 0.6 is 34.8 Å². The summed E-state index contributed by atoms with van der Waals surface area (Å²) in [7, 11) is 0. The van der Waals surface area contributed by atoms with Crippen LogP contribution in [-0.4, -0.2) is 9.55 Å². The number of aromatic nitrogens is 2. The Kier molecular flexibility index (Phi) is 4.66. The molecule has 2 rings (SSSR count). The van der Waals surface area contributed by atoms with Crippen LogP contribution in [0.5, 0.6) is 0 Å². The Hall–Kier alpha value is -0.430. The number of nitrogens with one attached hydrogen (secondary N) is 1. The van der Waals surface area contributed by atoms with E-state index in [4.69, 9.17) is 12.2 Å². The van der Waals surface area contributed by atoms with Crippen molar-refractivity contribution in [3.8, 4) is 0 Å². The average molecular weight is 392 g/mol. The van der Waals surface area contributed by atoms with E-state index in [1.807, 2.05) is 33.2 Å². The minimum absolute atomic E-state index is 0.188. The maximum Gasteiger partial charge on any atom is 0.178 e. The highest BCUT2D eigenvalue weighted by atomic mass is 127. The molecular formula is C14H18FIN2S. The van der Waals surface area contributed by atoms with Crippen LogP contribution in [0.1, 0.15) is 39.7 Å². The van der Waals surface area contributed by atoms with Crippen LogP contribution in [0.25, 0.3) is 11.0 Å². The van der Waals surface area contributed by atoms with Crippen LogP contribution < -0.4 is 0 Å². The molecule has 0 aliphatic heterocycles. The molecular weight excluding hydrogens is 374 g/mol. The second kappa shape index (κ2) is 5.91. The summed E-state index contributed by atoms with van der Waals surface area (Å²) in [6.45, 7) is 6.57. The van der Waals surface area contributed by atoms with E-state index in [9.17, 15) is 4.39 Å². The number of hydrogen-bond acceptors (Lipinski definition) is 1. The number of hydrogen-bond donors (Lipinski definition) is 1. The lowest BCUT2D eigenvalue weighted by atomic mass is 10.0. The molecule has 2 aromatic rings. The molecule has 2 atom stereocenters. The third kappa shape index (κ3) is 3.02. The molecule has 0 aliphatic rings. The van der Waals surface area contributed by atoms with Crippen LogP contribution in [0, 0.1) is 20.1 Å². The van der Waals surface area contributed by atoms with E-state index in [1.165, 1.54) is 0 Å². The summed E-state index contributed by atoms with van der Waals surface area (Å²) in [6, 6.07) is 3.67. The Morgan fingerprint density at radius 3 is 2.74 bits per heavy atom. The first-order valence-corrected chi connectivity index (χ1v) is 8.02. The van der Waals surface area contributed by atoms with Crippen molar-refractivity contribution in [2.45, 2.75) is 39.7 Å². The second-order valence-electron chi connectivity index (χ2n) is 5.18. The number of imidazole rings is 1. The molecule has 1 heterocycles. The second-order valence-corrected chi connectivity index (χ2v) is 6.73. The van der Waals surface area contributed by atoms with Gasteiger partial charge in [-0.05, 0) is 60.1 Å². The SMILES string of the molecule is CCC(C)CC(C)n1c(=S)[nH]c2cc(I)c(F)cc21. The summed E-state index contributed by atoms with van der Waals surface area (Å²) < 4.78 is 17.1. The lowest BCUT2D eigenvalue weighted by Gasteiger charge is -2.18. The summed E-state index contributed by atoms with van der Waals surface area (Å²) in [5, 5.41) is 0. The monoisotopic (exact) mass is 392 g/mol. The molecule has 1 aromatic heterocycles. The molecule has 19 heavy (non-hydrogen) atoms. The Morgan fingerprint density at radius 2 is 2.11 bits per heavy atom. The minimum Gasteiger partial charge on any atom is -0.331 e. The lowest BCUT2D eigenvalue weighted by molar-refractivity contribution is 0.402. The number of fused-ring (bicyclic) bond motifs is 1. The predicted octanol–water partition coefficient (Wildman–Crippen LogP) is 5.44. The minimum atomic E-state index is -0.188. The number of H-pyrrole nitrogens is 1. The van der Waals surface area contributed by atoms with E-state index < -0.39 is 0 Å². The molecule has 0 spiro atoms. The van der Waals surface area contributed by atoms with Gasteiger partial charge in [-0.25, -0.2) is 4.39 Å². The summed E-state index contributed by atoms with van der Waals surface area (Å²) in [4.78, 5) is 3.17. The Bertz CT molecular complexity index is 647. The number of rotatable bonds is 4. The van der Waals surface area contributed by atoms with Gasteiger partial charge in [-0.3, -0.25) is 0 Å². The quantitative estimate of drug-likeness (QED) is 0.543. The van der Waals surface area contributed by atoms with Crippen molar-refractivity contribution in [2.24, 2.45) is 5.92 Å². The van der Waals surface area contributed by atoms with Gasteiger partial charge in [0.15, 0.2) is 4.77 Å². The summed E-state index contributed by atoms with van der Waals surface area (Å²) in [6.07, 6.45) is 2.19. The Morgan fingerprint density at radius 1 is 1.42 bits per heavy atom. The number of halogens is 2. The molecule has 0 amide bonds. The molecule has 1 N–H and O–H groups in total. The average Bonchev–Trinajstić information content (AvgIpc) is 2.65. The molecule has 0 radical (unpaired) electrons. The van der Waals surface area contributed by atoms with E-state index in [0.717, 1.165) is 23.9 Å². The van der Waals surface area contributed by atoms with Crippen molar-refractivity contribution >= 4 is 45.8 Å². The van der Waals surface area contributed by atoms with Gasteiger partial charge in [0, 0.05) is 12.1 Å². The zero-order chi connectivity index (χ0) is 14.2. The van der Waals surface area contributed by atoms with E-state index in [-0.39, 0.29) is 11.9 Å². The highest BCUT2D eigenvalue weighted by Crippen LogP contribution is 2.27. The highest BCUT2D eigenvalue weighted by molar-refractivity contribution is 14.1. The fourth-order valence-electron chi connectivity index (χ4n) is 2.41. The molecule has 2 nitrogen and oxygen atoms in total. The number of nitrogens with zero attached hydrogens (tertiary/aromatic N) is 1. The largest absolute Gasteiger partial charge is 0.331 e.